The highest BCUT2D eigenvalue weighted by Gasteiger charge is 2.20. The molecule has 10 heteroatoms. The fourth-order valence-electron chi connectivity index (χ4n) is 3.67. The van der Waals surface area contributed by atoms with Gasteiger partial charge in [-0.1, -0.05) is 6.92 Å². The van der Waals surface area contributed by atoms with Gasteiger partial charge in [-0.25, -0.2) is 9.50 Å². The first-order valence-electron chi connectivity index (χ1n) is 11.0. The molecule has 182 valence electrons. The summed E-state index contributed by atoms with van der Waals surface area (Å²) in [6.07, 6.45) is 0.405. The second kappa shape index (κ2) is 9.88. The molecule has 1 amide bonds. The molecule has 10 nitrogen and oxygen atoms in total. The van der Waals surface area contributed by atoms with Crippen LogP contribution < -0.4 is 24.3 Å². The molecular weight excluding hydrogens is 450 g/mol. The zero-order valence-corrected chi connectivity index (χ0v) is 20.5. The van der Waals surface area contributed by atoms with Crippen LogP contribution in [-0.2, 0) is 4.79 Å². The number of aryl methyl sites for hydroxylation is 2. The maximum absolute atomic E-state index is 11.7. The monoisotopic (exact) mass is 477 g/mol. The predicted molar refractivity (Wildman–Crippen MR) is 131 cm³/mol. The first-order valence-corrected chi connectivity index (χ1v) is 11.0. The number of anilines is 1. The minimum Gasteiger partial charge on any atom is -0.493 e. The Morgan fingerprint density at radius 1 is 0.971 bits per heavy atom. The Balaban J connectivity index is 1.79. The van der Waals surface area contributed by atoms with E-state index >= 15 is 0 Å². The molecule has 4 aromatic rings. The van der Waals surface area contributed by atoms with Gasteiger partial charge in [0.15, 0.2) is 22.8 Å². The molecule has 35 heavy (non-hydrogen) atoms. The zero-order chi connectivity index (χ0) is 25.1. The van der Waals surface area contributed by atoms with Gasteiger partial charge in [-0.3, -0.25) is 4.79 Å². The van der Waals surface area contributed by atoms with Crippen molar-refractivity contribution in [2.75, 3.05) is 26.6 Å². The molecule has 1 N–H and O–H groups in total. The third-order valence-corrected chi connectivity index (χ3v) is 5.40. The number of benzene rings is 2. The third-order valence-electron chi connectivity index (χ3n) is 5.40. The molecule has 0 aliphatic heterocycles. The van der Waals surface area contributed by atoms with Crippen molar-refractivity contribution in [3.8, 4) is 40.3 Å². The Labute approximate surface area is 202 Å². The van der Waals surface area contributed by atoms with Crippen LogP contribution in [0.15, 0.2) is 36.4 Å². The Hall–Kier alpha value is -4.34. The van der Waals surface area contributed by atoms with Crippen molar-refractivity contribution in [3.05, 3.63) is 47.9 Å². The Morgan fingerprint density at radius 3 is 2.20 bits per heavy atom. The summed E-state index contributed by atoms with van der Waals surface area (Å²) in [7, 11) is 4.62. The molecule has 2 aromatic carbocycles. The summed E-state index contributed by atoms with van der Waals surface area (Å²) in [4.78, 5) is 20.9. The zero-order valence-electron chi connectivity index (χ0n) is 20.5. The van der Waals surface area contributed by atoms with E-state index in [1.807, 2.05) is 38.1 Å². The number of ether oxygens (including phenoxy) is 4. The van der Waals surface area contributed by atoms with E-state index in [0.717, 1.165) is 11.3 Å². The van der Waals surface area contributed by atoms with Crippen molar-refractivity contribution in [2.24, 2.45) is 0 Å². The Morgan fingerprint density at radius 2 is 1.63 bits per heavy atom. The van der Waals surface area contributed by atoms with Gasteiger partial charge >= 0.3 is 0 Å². The number of amides is 1. The maximum Gasteiger partial charge on any atom is 0.249 e. The van der Waals surface area contributed by atoms with Gasteiger partial charge in [0.05, 0.1) is 27.0 Å². The van der Waals surface area contributed by atoms with Gasteiger partial charge in [0.25, 0.3) is 0 Å². The highest BCUT2D eigenvalue weighted by atomic mass is 16.5. The first kappa shape index (κ1) is 23.8. The molecule has 4 rings (SSSR count). The number of imidazole rings is 1. The van der Waals surface area contributed by atoms with E-state index in [2.05, 4.69) is 15.4 Å². The van der Waals surface area contributed by atoms with E-state index in [1.54, 1.807) is 44.9 Å². The molecule has 0 spiro atoms. The van der Waals surface area contributed by atoms with Crippen LogP contribution in [0.5, 0.6) is 28.9 Å². The lowest BCUT2D eigenvalue weighted by atomic mass is 10.2. The SMILES string of the molecule is CCC(=O)Nc1ccc(-c2nc(Oc3cc(OC)c(OC)c(OC)c3)c3c(C)nc(C)n3n2)cc1. The van der Waals surface area contributed by atoms with Crippen molar-refractivity contribution in [1.29, 1.82) is 0 Å². The number of hydrogen-bond donors (Lipinski definition) is 1. The van der Waals surface area contributed by atoms with E-state index in [0.29, 0.717) is 58.2 Å². The molecule has 0 aliphatic carbocycles. The molecule has 0 aliphatic rings. The van der Waals surface area contributed by atoms with E-state index in [1.165, 1.54) is 0 Å². The van der Waals surface area contributed by atoms with Crippen molar-refractivity contribution >= 4 is 17.1 Å². The van der Waals surface area contributed by atoms with Crippen LogP contribution in [-0.4, -0.2) is 46.8 Å². The summed E-state index contributed by atoms with van der Waals surface area (Å²) >= 11 is 0. The molecule has 0 bridgehead atoms. The minimum atomic E-state index is -0.0547. The smallest absolute Gasteiger partial charge is 0.249 e. The summed E-state index contributed by atoms with van der Waals surface area (Å²) in [6.45, 7) is 5.54. The fraction of sp³-hybridized carbons (Fsp3) is 0.280. The largest absolute Gasteiger partial charge is 0.493 e. The van der Waals surface area contributed by atoms with Crippen molar-refractivity contribution in [2.45, 2.75) is 27.2 Å². The lowest BCUT2D eigenvalue weighted by Gasteiger charge is -2.15. The molecule has 0 unspecified atom stereocenters. The summed E-state index contributed by atoms with van der Waals surface area (Å²) in [5.74, 6) is 3.23. The third kappa shape index (κ3) is 4.68. The van der Waals surface area contributed by atoms with Gasteiger partial charge in [0.2, 0.25) is 17.5 Å². The molecule has 0 fully saturated rings. The molecule has 0 saturated heterocycles. The number of hydrogen-bond acceptors (Lipinski definition) is 8. The maximum atomic E-state index is 11.7. The average Bonchev–Trinajstić information content (AvgIpc) is 3.16. The standard InChI is InChI=1S/C25H27N5O5/c1-7-21(31)27-17-10-8-16(9-11-17)24-28-25(22-14(2)26-15(3)30(22)29-24)35-18-12-19(32-4)23(34-6)20(13-18)33-5/h8-13H,7H2,1-6H3,(H,27,31). The van der Waals surface area contributed by atoms with Crippen LogP contribution in [0.1, 0.15) is 24.9 Å². The van der Waals surface area contributed by atoms with Crippen LogP contribution in [0.4, 0.5) is 5.69 Å². The molecule has 0 saturated carbocycles. The molecule has 0 radical (unpaired) electrons. The summed E-state index contributed by atoms with van der Waals surface area (Å²) in [6, 6.07) is 10.7. The number of methoxy groups -OCH3 is 3. The number of carbonyl (C=O) groups is 1. The minimum absolute atomic E-state index is 0.0547. The number of nitrogens with zero attached hydrogens (tertiary/aromatic N) is 4. The van der Waals surface area contributed by atoms with Crippen molar-refractivity contribution in [1.82, 2.24) is 19.6 Å². The van der Waals surface area contributed by atoms with Crippen LogP contribution in [0.2, 0.25) is 0 Å². The second-order valence-electron chi connectivity index (χ2n) is 7.69. The van der Waals surface area contributed by atoms with Gasteiger partial charge in [-0.15, -0.1) is 5.10 Å². The number of rotatable bonds is 8. The Kier molecular flexibility index (Phi) is 6.72. The quantitative estimate of drug-likeness (QED) is 0.393. The van der Waals surface area contributed by atoms with Crippen molar-refractivity contribution in [3.63, 3.8) is 0 Å². The van der Waals surface area contributed by atoms with Crippen LogP contribution in [0, 0.1) is 13.8 Å². The molecule has 2 aromatic heterocycles. The van der Waals surface area contributed by atoms with Crippen LogP contribution in [0.3, 0.4) is 0 Å². The summed E-state index contributed by atoms with van der Waals surface area (Å²) in [5, 5.41) is 7.51. The molecule has 2 heterocycles. The first-order chi connectivity index (χ1) is 16.9. The second-order valence-corrected chi connectivity index (χ2v) is 7.69. The van der Waals surface area contributed by atoms with Gasteiger partial charge in [-0.2, -0.15) is 4.98 Å². The topological polar surface area (TPSA) is 109 Å². The lowest BCUT2D eigenvalue weighted by molar-refractivity contribution is -0.115. The highest BCUT2D eigenvalue weighted by Crippen LogP contribution is 2.42. The molecular formula is C25H27N5O5. The van der Waals surface area contributed by atoms with E-state index < -0.39 is 0 Å². The van der Waals surface area contributed by atoms with Gasteiger partial charge in [0, 0.05) is 29.8 Å². The van der Waals surface area contributed by atoms with E-state index in [9.17, 15) is 4.79 Å². The van der Waals surface area contributed by atoms with Gasteiger partial charge in [-0.05, 0) is 38.1 Å². The van der Waals surface area contributed by atoms with Gasteiger partial charge in [0.1, 0.15) is 11.6 Å². The fourth-order valence-corrected chi connectivity index (χ4v) is 3.67. The number of carbonyl (C=O) groups excluding carboxylic acids is 1. The Bertz CT molecular complexity index is 1360. The molecule has 0 atom stereocenters. The van der Waals surface area contributed by atoms with Crippen LogP contribution in [0.25, 0.3) is 16.9 Å². The highest BCUT2D eigenvalue weighted by molar-refractivity contribution is 5.90. The number of fused-ring (bicyclic) bond motifs is 1. The number of nitrogens with one attached hydrogen (secondary N) is 1. The van der Waals surface area contributed by atoms with Crippen molar-refractivity contribution < 1.29 is 23.7 Å². The normalized spacial score (nSPS) is 10.8. The number of aromatic nitrogens is 4. The van der Waals surface area contributed by atoms with E-state index in [4.69, 9.17) is 23.9 Å². The summed E-state index contributed by atoms with van der Waals surface area (Å²) < 4.78 is 24.2. The average molecular weight is 478 g/mol. The van der Waals surface area contributed by atoms with Gasteiger partial charge < -0.3 is 24.3 Å². The summed E-state index contributed by atoms with van der Waals surface area (Å²) in [5.41, 5.74) is 2.83. The van der Waals surface area contributed by atoms with E-state index in [-0.39, 0.29) is 5.91 Å². The van der Waals surface area contributed by atoms with Crippen LogP contribution >= 0.6 is 0 Å². The predicted octanol–water partition coefficient (Wildman–Crippen LogP) is 4.57. The lowest BCUT2D eigenvalue weighted by Crippen LogP contribution is -2.09.